The predicted octanol–water partition coefficient (Wildman–Crippen LogP) is 5.44. The van der Waals surface area contributed by atoms with Gasteiger partial charge in [0.2, 0.25) is 0 Å². The molecule has 12 heteroatoms. The smallest absolute Gasteiger partial charge is 0.305 e. The summed E-state index contributed by atoms with van der Waals surface area (Å²) in [6, 6.07) is 0. The van der Waals surface area contributed by atoms with Gasteiger partial charge in [-0.15, -0.1) is 0 Å². The lowest BCUT2D eigenvalue weighted by molar-refractivity contribution is -0.145. The van der Waals surface area contributed by atoms with Crippen LogP contribution in [0.15, 0.2) is 9.81 Å². The highest BCUT2D eigenvalue weighted by Gasteiger charge is 2.41. The summed E-state index contributed by atoms with van der Waals surface area (Å²) in [6.45, 7) is 9.70. The number of thiocarbonyl (C=S) groups is 2. The van der Waals surface area contributed by atoms with E-state index in [1.54, 1.807) is 0 Å². The molecule has 0 aliphatic carbocycles. The lowest BCUT2D eigenvalue weighted by Crippen LogP contribution is -2.31. The van der Waals surface area contributed by atoms with Gasteiger partial charge in [0.1, 0.15) is 8.64 Å². The molecule has 2 saturated heterocycles. The summed E-state index contributed by atoms with van der Waals surface area (Å²) in [6.07, 6.45) is 5.01. The van der Waals surface area contributed by atoms with Crippen LogP contribution in [0.5, 0.6) is 0 Å². The zero-order chi connectivity index (χ0) is 28.2. The maximum Gasteiger partial charge on any atom is 0.305 e. The van der Waals surface area contributed by atoms with Gasteiger partial charge >= 0.3 is 11.9 Å². The first-order valence-corrected chi connectivity index (χ1v) is 15.6. The number of carbonyl (C=O) groups is 4. The van der Waals surface area contributed by atoms with Gasteiger partial charge < -0.3 is 9.47 Å². The molecule has 2 aliphatic heterocycles. The molecule has 2 heterocycles. The molecule has 2 rings (SSSR count). The second-order valence-corrected chi connectivity index (χ2v) is 13.4. The van der Waals surface area contributed by atoms with Crippen molar-refractivity contribution in [2.24, 2.45) is 11.8 Å². The molecule has 0 unspecified atom stereocenters. The molecule has 2 fully saturated rings. The molecule has 0 aromatic carbocycles. The Morgan fingerprint density at radius 2 is 1.05 bits per heavy atom. The molecule has 0 spiro atoms. The van der Waals surface area contributed by atoms with Gasteiger partial charge in [0.25, 0.3) is 11.8 Å². The van der Waals surface area contributed by atoms with E-state index in [2.05, 4.69) is 0 Å². The Morgan fingerprint density at radius 1 is 0.684 bits per heavy atom. The van der Waals surface area contributed by atoms with E-state index in [1.807, 2.05) is 27.7 Å². The first kappa shape index (κ1) is 32.7. The van der Waals surface area contributed by atoms with E-state index in [1.165, 1.54) is 9.80 Å². The molecular weight excluding hydrogens is 565 g/mol. The molecule has 2 amide bonds. The summed E-state index contributed by atoms with van der Waals surface area (Å²) in [4.78, 5) is 53.3. The van der Waals surface area contributed by atoms with E-state index in [4.69, 9.17) is 33.9 Å². The Labute approximate surface area is 245 Å². The summed E-state index contributed by atoms with van der Waals surface area (Å²) in [5.41, 5.74) is 0. The van der Waals surface area contributed by atoms with Gasteiger partial charge in [-0.1, -0.05) is 88.5 Å². The standard InChI is InChI=1S/C26H38N2O6S4/c1-17(2)15-33-19(29)11-7-5-9-13-27-23(31)21(37-25(27)35)22-24(32)28(26(36)38-22)14-10-6-8-12-20(30)34-16-18(3)4/h17-18H,5-16H2,1-4H3/b22-21+. The average Bonchev–Trinajstić information content (AvgIpc) is 3.29. The number of amides is 2. The van der Waals surface area contributed by atoms with Gasteiger partial charge in [0, 0.05) is 25.9 Å². The van der Waals surface area contributed by atoms with Gasteiger partial charge in [-0.2, -0.15) is 0 Å². The molecule has 0 N–H and O–H groups in total. The van der Waals surface area contributed by atoms with Gasteiger partial charge in [0.15, 0.2) is 0 Å². The highest BCUT2D eigenvalue weighted by atomic mass is 32.2. The molecule has 0 saturated carbocycles. The fourth-order valence-corrected chi connectivity index (χ4v) is 6.32. The number of esters is 2. The molecular formula is C26H38N2O6S4. The zero-order valence-electron chi connectivity index (χ0n) is 22.6. The van der Waals surface area contributed by atoms with Gasteiger partial charge in [-0.25, -0.2) is 0 Å². The molecule has 212 valence electrons. The number of hydrogen-bond donors (Lipinski definition) is 0. The minimum absolute atomic E-state index is 0.199. The van der Waals surface area contributed by atoms with Crippen LogP contribution in [-0.2, 0) is 28.7 Å². The van der Waals surface area contributed by atoms with Crippen molar-refractivity contribution in [2.45, 2.75) is 79.1 Å². The van der Waals surface area contributed by atoms with Crippen LogP contribution < -0.4 is 0 Å². The van der Waals surface area contributed by atoms with Crippen molar-refractivity contribution in [2.75, 3.05) is 26.3 Å². The quantitative estimate of drug-likeness (QED) is 0.0984. The largest absolute Gasteiger partial charge is 0.465 e. The number of rotatable bonds is 16. The van der Waals surface area contributed by atoms with E-state index in [0.29, 0.717) is 95.1 Å². The lowest BCUT2D eigenvalue weighted by Gasteiger charge is -2.14. The Hall–Kier alpha value is -1.50. The first-order chi connectivity index (χ1) is 18.0. The minimum Gasteiger partial charge on any atom is -0.465 e. The topological polar surface area (TPSA) is 93.2 Å². The maximum atomic E-state index is 13.1. The minimum atomic E-state index is -0.267. The summed E-state index contributed by atoms with van der Waals surface area (Å²) in [5, 5.41) is 0. The van der Waals surface area contributed by atoms with Crippen LogP contribution in [0.1, 0.15) is 79.1 Å². The first-order valence-electron chi connectivity index (χ1n) is 13.1. The van der Waals surface area contributed by atoms with E-state index >= 15 is 0 Å². The van der Waals surface area contributed by atoms with Crippen LogP contribution >= 0.6 is 48.0 Å². The Balaban J connectivity index is 1.77. The van der Waals surface area contributed by atoms with Crippen molar-refractivity contribution >= 4 is 80.4 Å². The van der Waals surface area contributed by atoms with Crippen molar-refractivity contribution in [3.63, 3.8) is 0 Å². The molecule has 38 heavy (non-hydrogen) atoms. The van der Waals surface area contributed by atoms with E-state index in [9.17, 15) is 19.2 Å². The fraction of sp³-hybridized carbons (Fsp3) is 0.692. The fourth-order valence-electron chi connectivity index (χ4n) is 3.55. The third-order valence-electron chi connectivity index (χ3n) is 5.59. The number of thioether (sulfide) groups is 2. The third-order valence-corrected chi connectivity index (χ3v) is 8.61. The van der Waals surface area contributed by atoms with Crippen LogP contribution in [0.4, 0.5) is 0 Å². The van der Waals surface area contributed by atoms with Crippen molar-refractivity contribution in [3.8, 4) is 0 Å². The van der Waals surface area contributed by atoms with Crippen molar-refractivity contribution < 1.29 is 28.7 Å². The second kappa shape index (κ2) is 16.6. The number of nitrogens with zero attached hydrogens (tertiary/aromatic N) is 2. The summed E-state index contributed by atoms with van der Waals surface area (Å²) in [7, 11) is 0. The molecule has 0 radical (unpaired) electrons. The van der Waals surface area contributed by atoms with E-state index in [0.717, 1.165) is 36.4 Å². The molecule has 2 aliphatic rings. The molecule has 8 nitrogen and oxygen atoms in total. The monoisotopic (exact) mass is 602 g/mol. The Bertz CT molecular complexity index is 876. The Morgan fingerprint density at radius 3 is 1.39 bits per heavy atom. The van der Waals surface area contributed by atoms with E-state index < -0.39 is 0 Å². The predicted molar refractivity (Wildman–Crippen MR) is 159 cm³/mol. The van der Waals surface area contributed by atoms with Crippen molar-refractivity contribution in [1.29, 1.82) is 0 Å². The number of ether oxygens (including phenoxy) is 2. The molecule has 0 atom stereocenters. The summed E-state index contributed by atoms with van der Waals surface area (Å²) < 4.78 is 11.2. The molecule has 0 aromatic heterocycles. The highest BCUT2D eigenvalue weighted by Crippen LogP contribution is 2.42. The van der Waals surface area contributed by atoms with Crippen LogP contribution in [0.3, 0.4) is 0 Å². The Kier molecular flexibility index (Phi) is 14.3. The molecule has 0 aromatic rings. The van der Waals surface area contributed by atoms with Gasteiger partial charge in [-0.05, 0) is 37.5 Å². The van der Waals surface area contributed by atoms with Crippen LogP contribution in [-0.4, -0.2) is 68.5 Å². The van der Waals surface area contributed by atoms with Crippen LogP contribution in [0.25, 0.3) is 0 Å². The van der Waals surface area contributed by atoms with Gasteiger partial charge in [0.05, 0.1) is 23.0 Å². The highest BCUT2D eigenvalue weighted by molar-refractivity contribution is 8.29. The van der Waals surface area contributed by atoms with Crippen molar-refractivity contribution in [3.05, 3.63) is 9.81 Å². The number of carbonyl (C=O) groups excluding carboxylic acids is 4. The van der Waals surface area contributed by atoms with Crippen LogP contribution in [0.2, 0.25) is 0 Å². The van der Waals surface area contributed by atoms with E-state index in [-0.39, 0.29) is 23.8 Å². The maximum absolute atomic E-state index is 13.1. The SMILES string of the molecule is CC(C)COC(=O)CCCCCN1C(=O)/C(=C2\SC(=S)N(CCCCCC(=O)OCC(C)C)C2=O)SC1=S. The summed E-state index contributed by atoms with van der Waals surface area (Å²) in [5.74, 6) is -0.311. The number of hydrogen-bond acceptors (Lipinski definition) is 10. The van der Waals surface area contributed by atoms with Gasteiger partial charge in [-0.3, -0.25) is 29.0 Å². The summed E-state index contributed by atoms with van der Waals surface area (Å²) >= 11 is 13.1. The zero-order valence-corrected chi connectivity index (χ0v) is 25.9. The average molecular weight is 603 g/mol. The second-order valence-electron chi connectivity index (χ2n) is 10.1. The number of unbranched alkanes of at least 4 members (excludes halogenated alkanes) is 4. The lowest BCUT2D eigenvalue weighted by atomic mass is 10.2. The molecule has 0 bridgehead atoms. The van der Waals surface area contributed by atoms with Crippen LogP contribution in [0, 0.1) is 11.8 Å². The third kappa shape index (κ3) is 10.6. The van der Waals surface area contributed by atoms with Crippen molar-refractivity contribution in [1.82, 2.24) is 9.80 Å². The normalized spacial score (nSPS) is 17.9.